The van der Waals surface area contributed by atoms with Gasteiger partial charge in [0, 0.05) is 6.07 Å². The first-order chi connectivity index (χ1) is 6.34. The minimum Gasteiger partial charge on any atom is -0.471 e. The van der Waals surface area contributed by atoms with E-state index in [-0.39, 0.29) is 25.1 Å². The number of amides is 1. The average Bonchev–Trinajstić information content (AvgIpc) is 2.71. The highest BCUT2D eigenvalue weighted by Gasteiger charge is 2.23. The van der Waals surface area contributed by atoms with Crippen LogP contribution in [0.15, 0.2) is 16.9 Å². The molecule has 0 saturated carbocycles. The lowest BCUT2D eigenvalue weighted by Gasteiger charge is -2.06. The number of halogens is 1. The molecule has 6 nitrogen and oxygen atoms in total. The molecule has 0 aliphatic carbocycles. The molecule has 0 bridgehead atoms. The summed E-state index contributed by atoms with van der Waals surface area (Å²) in [5, 5.41) is 6.05. The maximum Gasteiger partial charge on any atom is 0.407 e. The third-order valence-electron chi connectivity index (χ3n) is 1.58. The Morgan fingerprint density at radius 3 is 3.14 bits per heavy atom. The van der Waals surface area contributed by atoms with Gasteiger partial charge in [-0.1, -0.05) is 0 Å². The molecule has 1 amide bonds. The second-order valence-corrected chi connectivity index (χ2v) is 2.56. The predicted molar refractivity (Wildman–Crippen MR) is 47.5 cm³/mol. The van der Waals surface area contributed by atoms with Gasteiger partial charge in [0.25, 0.3) is 5.88 Å². The third kappa shape index (κ3) is 2.53. The van der Waals surface area contributed by atoms with Crippen molar-refractivity contribution in [3.05, 3.63) is 12.3 Å². The first kappa shape index (κ1) is 10.6. The molecule has 2 rings (SSSR count). The predicted octanol–water partition coefficient (Wildman–Crippen LogP) is 0.584. The average molecular weight is 221 g/mol. The van der Waals surface area contributed by atoms with E-state index in [0.717, 1.165) is 0 Å². The number of hydrogen-bond donors (Lipinski definition) is 1. The number of cyclic esters (lactones) is 1. The van der Waals surface area contributed by atoms with Crippen LogP contribution in [0.4, 0.5) is 4.79 Å². The fourth-order valence-corrected chi connectivity index (χ4v) is 0.979. The summed E-state index contributed by atoms with van der Waals surface area (Å²) in [6.07, 6.45) is 0.756. The maximum absolute atomic E-state index is 10.6. The number of carbonyl (C=O) groups excluding carboxylic acids is 1. The lowest BCUT2D eigenvalue weighted by Crippen LogP contribution is -2.21. The third-order valence-corrected chi connectivity index (χ3v) is 1.58. The van der Waals surface area contributed by atoms with Gasteiger partial charge in [-0.05, 0) is 5.16 Å². The lowest BCUT2D eigenvalue weighted by atomic mass is 10.4. The van der Waals surface area contributed by atoms with Crippen molar-refractivity contribution in [2.24, 2.45) is 0 Å². The molecular weight excluding hydrogens is 212 g/mol. The van der Waals surface area contributed by atoms with Gasteiger partial charge < -0.3 is 19.3 Å². The van der Waals surface area contributed by atoms with Crippen LogP contribution in [0.1, 0.15) is 0 Å². The van der Waals surface area contributed by atoms with Crippen molar-refractivity contribution in [3.8, 4) is 5.88 Å². The Morgan fingerprint density at radius 1 is 1.71 bits per heavy atom. The first-order valence-corrected chi connectivity index (χ1v) is 3.82. The summed E-state index contributed by atoms with van der Waals surface area (Å²) in [6.45, 7) is 0.752. The van der Waals surface area contributed by atoms with E-state index in [4.69, 9.17) is 9.47 Å². The van der Waals surface area contributed by atoms with E-state index in [1.807, 2.05) is 0 Å². The van der Waals surface area contributed by atoms with Crippen molar-refractivity contribution in [2.75, 3.05) is 13.2 Å². The van der Waals surface area contributed by atoms with Gasteiger partial charge in [-0.3, -0.25) is 0 Å². The number of ether oxygens (including phenoxy) is 2. The normalized spacial score (nSPS) is 19.4. The van der Waals surface area contributed by atoms with Crippen LogP contribution in [0.3, 0.4) is 0 Å². The van der Waals surface area contributed by atoms with Crippen molar-refractivity contribution >= 4 is 18.5 Å². The van der Waals surface area contributed by atoms with Gasteiger partial charge >= 0.3 is 6.09 Å². The number of nitrogens with one attached hydrogen (secondary N) is 1. The van der Waals surface area contributed by atoms with Gasteiger partial charge in [-0.25, -0.2) is 4.79 Å². The van der Waals surface area contributed by atoms with E-state index in [0.29, 0.717) is 12.4 Å². The first-order valence-electron chi connectivity index (χ1n) is 3.82. The molecule has 1 aromatic rings. The van der Waals surface area contributed by atoms with E-state index in [1.165, 1.54) is 6.26 Å². The zero-order valence-corrected chi connectivity index (χ0v) is 7.95. The van der Waals surface area contributed by atoms with Gasteiger partial charge in [0.1, 0.15) is 12.9 Å². The van der Waals surface area contributed by atoms with Gasteiger partial charge in [-0.2, -0.15) is 0 Å². The molecule has 1 aromatic heterocycles. The molecule has 0 spiro atoms. The van der Waals surface area contributed by atoms with Gasteiger partial charge in [0.2, 0.25) is 0 Å². The van der Waals surface area contributed by atoms with Crippen LogP contribution in [0.5, 0.6) is 5.88 Å². The number of rotatable bonds is 3. The number of aromatic nitrogens is 1. The van der Waals surface area contributed by atoms with Crippen LogP contribution < -0.4 is 10.1 Å². The molecule has 78 valence electrons. The molecular formula is C7H9ClN2O4. The molecule has 1 saturated heterocycles. The molecule has 0 unspecified atom stereocenters. The van der Waals surface area contributed by atoms with Crippen LogP contribution in [0, 0.1) is 0 Å². The van der Waals surface area contributed by atoms with Crippen molar-refractivity contribution in [3.63, 3.8) is 0 Å². The smallest absolute Gasteiger partial charge is 0.407 e. The van der Waals surface area contributed by atoms with Crippen molar-refractivity contribution in [1.82, 2.24) is 10.5 Å². The quantitative estimate of drug-likeness (QED) is 0.807. The number of carbonyl (C=O) groups is 1. The molecule has 0 radical (unpaired) electrons. The van der Waals surface area contributed by atoms with Crippen LogP contribution in [0.2, 0.25) is 0 Å². The van der Waals surface area contributed by atoms with E-state index in [1.54, 1.807) is 6.07 Å². The Morgan fingerprint density at radius 2 is 2.57 bits per heavy atom. The topological polar surface area (TPSA) is 73.6 Å². The van der Waals surface area contributed by atoms with E-state index >= 15 is 0 Å². The van der Waals surface area contributed by atoms with Gasteiger partial charge in [0.05, 0.1) is 6.54 Å². The summed E-state index contributed by atoms with van der Waals surface area (Å²) >= 11 is 0. The minimum absolute atomic E-state index is 0. The SMILES string of the molecule is Cl.O=C1NC[C@H](COc2ccon2)O1. The summed E-state index contributed by atoms with van der Waals surface area (Å²) in [5.41, 5.74) is 0. The summed E-state index contributed by atoms with van der Waals surface area (Å²) in [6, 6.07) is 1.59. The highest BCUT2D eigenvalue weighted by molar-refractivity contribution is 5.85. The summed E-state index contributed by atoms with van der Waals surface area (Å²) < 4.78 is 14.5. The van der Waals surface area contributed by atoms with Crippen LogP contribution in [0.25, 0.3) is 0 Å². The molecule has 1 N–H and O–H groups in total. The molecule has 14 heavy (non-hydrogen) atoms. The fraction of sp³-hybridized carbons (Fsp3) is 0.429. The van der Waals surface area contributed by atoms with Crippen LogP contribution in [-0.2, 0) is 4.74 Å². The molecule has 0 aromatic carbocycles. The van der Waals surface area contributed by atoms with Crippen molar-refractivity contribution < 1.29 is 18.8 Å². The van der Waals surface area contributed by atoms with E-state index in [2.05, 4.69) is 15.0 Å². The standard InChI is InChI=1S/C7H8N2O4.ClH/c10-7-8-3-5(13-7)4-11-6-1-2-12-9-6;/h1-2,5H,3-4H2,(H,8,10);1H/t5-;/m1./s1. The molecule has 2 heterocycles. The van der Waals surface area contributed by atoms with Crippen LogP contribution >= 0.6 is 12.4 Å². The summed E-state index contributed by atoms with van der Waals surface area (Å²) in [5.74, 6) is 0.392. The van der Waals surface area contributed by atoms with Gasteiger partial charge in [-0.15, -0.1) is 12.4 Å². The monoisotopic (exact) mass is 220 g/mol. The molecule has 1 atom stereocenters. The number of alkyl carbamates (subject to hydrolysis) is 1. The Hall–Kier alpha value is -1.43. The fourth-order valence-electron chi connectivity index (χ4n) is 0.979. The second-order valence-electron chi connectivity index (χ2n) is 2.56. The largest absolute Gasteiger partial charge is 0.471 e. The van der Waals surface area contributed by atoms with Gasteiger partial charge in [0.15, 0.2) is 6.10 Å². The highest BCUT2D eigenvalue weighted by Crippen LogP contribution is 2.07. The summed E-state index contributed by atoms with van der Waals surface area (Å²) in [4.78, 5) is 10.6. The Labute approximate surface area is 85.9 Å². The lowest BCUT2D eigenvalue weighted by molar-refractivity contribution is 0.101. The summed E-state index contributed by atoms with van der Waals surface area (Å²) in [7, 11) is 0. The van der Waals surface area contributed by atoms with Crippen molar-refractivity contribution in [1.29, 1.82) is 0 Å². The van der Waals surface area contributed by atoms with Crippen LogP contribution in [-0.4, -0.2) is 30.5 Å². The van der Waals surface area contributed by atoms with E-state index in [9.17, 15) is 4.79 Å². The highest BCUT2D eigenvalue weighted by atomic mass is 35.5. The molecule has 7 heteroatoms. The van der Waals surface area contributed by atoms with Crippen molar-refractivity contribution in [2.45, 2.75) is 6.10 Å². The zero-order chi connectivity index (χ0) is 9.10. The van der Waals surface area contributed by atoms with E-state index < -0.39 is 6.09 Å². The number of hydrogen-bond acceptors (Lipinski definition) is 5. The Kier molecular flexibility index (Phi) is 3.58. The molecule has 1 fully saturated rings. The number of nitrogens with zero attached hydrogens (tertiary/aromatic N) is 1. The second kappa shape index (κ2) is 4.71. The Bertz CT molecular complexity index is 290. The maximum atomic E-state index is 10.6. The molecule has 1 aliphatic heterocycles. The molecule has 1 aliphatic rings. The zero-order valence-electron chi connectivity index (χ0n) is 7.13. The Balaban J connectivity index is 0.000000980. The minimum atomic E-state index is -0.409.